The number of nitrogens with zero attached hydrogens (tertiary/aromatic N) is 3. The number of carbonyl (C=O) groups excluding carboxylic acids is 2. The van der Waals surface area contributed by atoms with E-state index in [0.717, 1.165) is 42.9 Å². The summed E-state index contributed by atoms with van der Waals surface area (Å²) in [5.74, 6) is 0.285. The molecule has 1 aromatic carbocycles. The Morgan fingerprint density at radius 1 is 1.22 bits per heavy atom. The lowest BCUT2D eigenvalue weighted by Gasteiger charge is -2.35. The summed E-state index contributed by atoms with van der Waals surface area (Å²) < 4.78 is 4.93. The third kappa shape index (κ3) is 4.72. The zero-order valence-electron chi connectivity index (χ0n) is 15.5. The van der Waals surface area contributed by atoms with Gasteiger partial charge in [-0.05, 0) is 12.1 Å². The van der Waals surface area contributed by atoms with E-state index >= 15 is 0 Å². The van der Waals surface area contributed by atoms with E-state index in [1.807, 2.05) is 24.3 Å². The number of nitrogens with one attached hydrogen (secondary N) is 1. The zero-order valence-corrected chi connectivity index (χ0v) is 15.5. The van der Waals surface area contributed by atoms with Crippen molar-refractivity contribution in [2.45, 2.75) is 0 Å². The number of piperazine rings is 1. The Kier molecular flexibility index (Phi) is 6.20. The van der Waals surface area contributed by atoms with E-state index in [2.05, 4.69) is 20.1 Å². The summed E-state index contributed by atoms with van der Waals surface area (Å²) in [6, 6.07) is 9.26. The molecule has 144 valence electrons. The van der Waals surface area contributed by atoms with Crippen LogP contribution in [0, 0.1) is 0 Å². The molecule has 2 amide bonds. The number of anilines is 1. The number of hydrogen-bond donors (Lipinski definition) is 2. The molecule has 2 aromatic rings. The van der Waals surface area contributed by atoms with Crippen molar-refractivity contribution in [1.29, 1.82) is 0 Å². The van der Waals surface area contributed by atoms with Gasteiger partial charge in [0.25, 0.3) is 0 Å². The van der Waals surface area contributed by atoms with Gasteiger partial charge in [-0.1, -0.05) is 18.2 Å². The van der Waals surface area contributed by atoms with E-state index < -0.39 is 5.91 Å². The average molecular weight is 371 g/mol. The summed E-state index contributed by atoms with van der Waals surface area (Å²) in [6.07, 6.45) is 0. The maximum atomic E-state index is 11.9. The Bertz CT molecular complexity index is 818. The van der Waals surface area contributed by atoms with E-state index in [9.17, 15) is 9.59 Å². The molecular weight excluding hydrogens is 346 g/mol. The van der Waals surface area contributed by atoms with Gasteiger partial charge in [0, 0.05) is 45.2 Å². The van der Waals surface area contributed by atoms with Crippen molar-refractivity contribution in [2.75, 3.05) is 57.9 Å². The minimum atomic E-state index is -0.457. The summed E-state index contributed by atoms with van der Waals surface area (Å²) in [4.78, 5) is 32.7. The summed E-state index contributed by atoms with van der Waals surface area (Å²) in [7, 11) is 1.61. The second kappa shape index (κ2) is 8.79. The summed E-state index contributed by atoms with van der Waals surface area (Å²) >= 11 is 0. The van der Waals surface area contributed by atoms with Gasteiger partial charge in [-0.25, -0.2) is 4.98 Å². The van der Waals surface area contributed by atoms with Gasteiger partial charge in [0.05, 0.1) is 24.2 Å². The molecule has 1 saturated heterocycles. The Hall–Kier alpha value is -2.71. The van der Waals surface area contributed by atoms with E-state index in [0.29, 0.717) is 25.3 Å². The van der Waals surface area contributed by atoms with Crippen LogP contribution in [-0.4, -0.2) is 74.7 Å². The van der Waals surface area contributed by atoms with Crippen LogP contribution in [0.25, 0.3) is 10.9 Å². The third-order valence-electron chi connectivity index (χ3n) is 4.66. The van der Waals surface area contributed by atoms with Gasteiger partial charge in [0.2, 0.25) is 11.8 Å². The molecule has 1 aliphatic rings. The molecule has 1 fully saturated rings. The van der Waals surface area contributed by atoms with E-state index in [4.69, 9.17) is 10.5 Å². The predicted molar refractivity (Wildman–Crippen MR) is 104 cm³/mol. The summed E-state index contributed by atoms with van der Waals surface area (Å²) in [5, 5.41) is 3.59. The van der Waals surface area contributed by atoms with E-state index in [1.54, 1.807) is 13.2 Å². The number of fused-ring (bicyclic) bond motifs is 1. The van der Waals surface area contributed by atoms with Crippen LogP contribution in [0.1, 0.15) is 10.4 Å². The molecule has 1 aromatic heterocycles. The molecule has 8 heteroatoms. The quantitative estimate of drug-likeness (QED) is 0.675. The number of nitrogens with two attached hydrogens (primary N) is 1. The number of para-hydroxylation sites is 1. The molecule has 0 radical (unpaired) electrons. The fourth-order valence-electron chi connectivity index (χ4n) is 3.21. The van der Waals surface area contributed by atoms with E-state index in [1.165, 1.54) is 0 Å². The molecule has 3 rings (SSSR count). The molecule has 3 N–H and O–H groups in total. The molecule has 1 aliphatic heterocycles. The monoisotopic (exact) mass is 371 g/mol. The van der Waals surface area contributed by atoms with Crippen LogP contribution in [0.5, 0.6) is 0 Å². The molecule has 0 atom stereocenters. The van der Waals surface area contributed by atoms with E-state index in [-0.39, 0.29) is 5.91 Å². The first-order valence-corrected chi connectivity index (χ1v) is 9.01. The van der Waals surface area contributed by atoms with Gasteiger partial charge in [0.1, 0.15) is 5.82 Å². The molecular formula is C19H25N5O3. The summed E-state index contributed by atoms with van der Waals surface area (Å²) in [6.45, 7) is 4.36. The van der Waals surface area contributed by atoms with Gasteiger partial charge in [-0.15, -0.1) is 0 Å². The summed E-state index contributed by atoms with van der Waals surface area (Å²) in [5.41, 5.74) is 6.79. The molecule has 0 saturated carbocycles. The smallest absolute Gasteiger partial charge is 0.249 e. The Labute approximate surface area is 158 Å². The second-order valence-corrected chi connectivity index (χ2v) is 6.52. The van der Waals surface area contributed by atoms with Crippen LogP contribution in [-0.2, 0) is 9.53 Å². The molecule has 27 heavy (non-hydrogen) atoms. The third-order valence-corrected chi connectivity index (χ3v) is 4.66. The van der Waals surface area contributed by atoms with Crippen molar-refractivity contribution >= 4 is 28.5 Å². The van der Waals surface area contributed by atoms with Gasteiger partial charge in [-0.2, -0.15) is 0 Å². The molecule has 8 nitrogen and oxygen atoms in total. The number of benzene rings is 1. The van der Waals surface area contributed by atoms with Crippen molar-refractivity contribution in [3.05, 3.63) is 35.9 Å². The van der Waals surface area contributed by atoms with Crippen LogP contribution in [0.15, 0.2) is 30.3 Å². The molecule has 0 unspecified atom stereocenters. The topological polar surface area (TPSA) is 101 Å². The van der Waals surface area contributed by atoms with Gasteiger partial charge >= 0.3 is 0 Å². The van der Waals surface area contributed by atoms with Gasteiger partial charge < -0.3 is 20.7 Å². The molecule has 2 heterocycles. The highest BCUT2D eigenvalue weighted by Crippen LogP contribution is 2.23. The first-order chi connectivity index (χ1) is 13.1. The Morgan fingerprint density at radius 3 is 2.67 bits per heavy atom. The maximum Gasteiger partial charge on any atom is 0.249 e. The standard InChI is InChI=1S/C19H25N5O3/c1-27-11-6-21-18(25)13-23-7-9-24(10-8-23)17-12-15(19(20)26)14-4-2-3-5-16(14)22-17/h2-5,12H,6-11,13H2,1H3,(H2,20,26)(H,21,25). The number of aromatic nitrogens is 1. The second-order valence-electron chi connectivity index (χ2n) is 6.52. The molecule has 0 aliphatic carbocycles. The Morgan fingerprint density at radius 2 is 1.96 bits per heavy atom. The first-order valence-electron chi connectivity index (χ1n) is 9.01. The zero-order chi connectivity index (χ0) is 19.2. The SMILES string of the molecule is COCCNC(=O)CN1CCN(c2cc(C(N)=O)c3ccccc3n2)CC1. The lowest BCUT2D eigenvalue weighted by molar-refractivity contribution is -0.122. The lowest BCUT2D eigenvalue weighted by atomic mass is 10.1. The lowest BCUT2D eigenvalue weighted by Crippen LogP contribution is -2.50. The maximum absolute atomic E-state index is 11.9. The fraction of sp³-hybridized carbons (Fsp3) is 0.421. The number of hydrogen-bond acceptors (Lipinski definition) is 6. The highest BCUT2D eigenvalue weighted by molar-refractivity contribution is 6.06. The van der Waals surface area contributed by atoms with Crippen molar-refractivity contribution in [3.8, 4) is 0 Å². The highest BCUT2D eigenvalue weighted by Gasteiger charge is 2.21. The van der Waals surface area contributed by atoms with Crippen molar-refractivity contribution in [1.82, 2.24) is 15.2 Å². The van der Waals surface area contributed by atoms with Gasteiger partial charge in [-0.3, -0.25) is 14.5 Å². The number of ether oxygens (including phenoxy) is 1. The van der Waals surface area contributed by atoms with Crippen molar-refractivity contribution < 1.29 is 14.3 Å². The van der Waals surface area contributed by atoms with Crippen LogP contribution in [0.4, 0.5) is 5.82 Å². The minimum absolute atomic E-state index is 0.000319. The predicted octanol–water partition coefficient (Wildman–Crippen LogP) is 0.218. The highest BCUT2D eigenvalue weighted by atomic mass is 16.5. The van der Waals surface area contributed by atoms with Crippen molar-refractivity contribution in [2.24, 2.45) is 5.73 Å². The van der Waals surface area contributed by atoms with Crippen LogP contribution in [0.2, 0.25) is 0 Å². The number of rotatable bonds is 7. The molecule has 0 spiro atoms. The number of amides is 2. The Balaban J connectivity index is 1.64. The molecule has 0 bridgehead atoms. The van der Waals surface area contributed by atoms with Crippen LogP contribution in [0.3, 0.4) is 0 Å². The normalized spacial score (nSPS) is 15.1. The fourth-order valence-corrected chi connectivity index (χ4v) is 3.21. The minimum Gasteiger partial charge on any atom is -0.383 e. The first kappa shape index (κ1) is 19.1. The largest absolute Gasteiger partial charge is 0.383 e. The number of pyridine rings is 1. The number of carbonyl (C=O) groups is 2. The van der Waals surface area contributed by atoms with Crippen LogP contribution >= 0.6 is 0 Å². The average Bonchev–Trinajstić information content (AvgIpc) is 2.68. The van der Waals surface area contributed by atoms with Crippen LogP contribution < -0.4 is 16.0 Å². The number of methoxy groups -OCH3 is 1. The number of primary amides is 1. The van der Waals surface area contributed by atoms with Gasteiger partial charge in [0.15, 0.2) is 0 Å². The van der Waals surface area contributed by atoms with Crippen molar-refractivity contribution in [3.63, 3.8) is 0 Å².